The molecule has 0 aliphatic carbocycles. The highest BCUT2D eigenvalue weighted by atomic mass is 16.5. The fourth-order valence-corrected chi connectivity index (χ4v) is 2.44. The van der Waals surface area contributed by atoms with Crippen molar-refractivity contribution < 1.29 is 14.3 Å². The van der Waals surface area contributed by atoms with Gasteiger partial charge in [0.15, 0.2) is 6.61 Å². The number of nitrogens with zero attached hydrogens (tertiary/aromatic N) is 1. The number of rotatable bonds is 6. The highest BCUT2D eigenvalue weighted by Gasteiger charge is 2.05. The first-order chi connectivity index (χ1) is 12.3. The Balaban J connectivity index is 1.59. The van der Waals surface area contributed by atoms with Gasteiger partial charge in [-0.3, -0.25) is 4.79 Å². The van der Waals surface area contributed by atoms with E-state index < -0.39 is 0 Å². The molecule has 0 heterocycles. The number of fused-ring (bicyclic) bond motifs is 1. The van der Waals surface area contributed by atoms with Gasteiger partial charge in [-0.1, -0.05) is 48.5 Å². The van der Waals surface area contributed by atoms with Crippen molar-refractivity contribution in [3.05, 3.63) is 72.3 Å². The molecule has 1 N–H and O–H groups in total. The first kappa shape index (κ1) is 16.5. The molecule has 3 rings (SSSR count). The van der Waals surface area contributed by atoms with Crippen molar-refractivity contribution in [1.29, 1.82) is 0 Å². The van der Waals surface area contributed by atoms with Crippen LogP contribution in [0.1, 0.15) is 5.56 Å². The predicted molar refractivity (Wildman–Crippen MR) is 98.2 cm³/mol. The van der Waals surface area contributed by atoms with Crippen LogP contribution in [-0.4, -0.2) is 25.8 Å². The molecule has 0 fully saturated rings. The molecular formula is C20H18N2O3. The van der Waals surface area contributed by atoms with Gasteiger partial charge in [0.05, 0.1) is 13.3 Å². The second kappa shape index (κ2) is 7.97. The highest BCUT2D eigenvalue weighted by molar-refractivity contribution is 5.89. The van der Waals surface area contributed by atoms with Gasteiger partial charge in [0.25, 0.3) is 5.91 Å². The van der Waals surface area contributed by atoms with Gasteiger partial charge in [0.2, 0.25) is 0 Å². The lowest BCUT2D eigenvalue weighted by Gasteiger charge is -2.08. The number of hydrogen-bond donors (Lipinski definition) is 1. The predicted octanol–water partition coefficient (Wildman–Crippen LogP) is 3.38. The second-order valence-corrected chi connectivity index (χ2v) is 5.30. The number of hydrogen-bond acceptors (Lipinski definition) is 4. The average molecular weight is 334 g/mol. The van der Waals surface area contributed by atoms with Crippen molar-refractivity contribution in [3.8, 4) is 11.5 Å². The third kappa shape index (κ3) is 4.14. The van der Waals surface area contributed by atoms with E-state index in [0.717, 1.165) is 16.3 Å². The molecular weight excluding hydrogens is 316 g/mol. The first-order valence-electron chi connectivity index (χ1n) is 7.83. The number of nitrogens with one attached hydrogen (secondary N) is 1. The van der Waals surface area contributed by atoms with Gasteiger partial charge < -0.3 is 9.47 Å². The van der Waals surface area contributed by atoms with Gasteiger partial charge in [-0.15, -0.1) is 0 Å². The summed E-state index contributed by atoms with van der Waals surface area (Å²) < 4.78 is 10.8. The minimum absolute atomic E-state index is 0.114. The number of para-hydroxylation sites is 1. The van der Waals surface area contributed by atoms with Crippen LogP contribution in [0, 0.1) is 0 Å². The molecule has 0 bridgehead atoms. The van der Waals surface area contributed by atoms with Crippen molar-refractivity contribution in [2.75, 3.05) is 13.7 Å². The maximum Gasteiger partial charge on any atom is 0.277 e. The summed E-state index contributed by atoms with van der Waals surface area (Å²) in [6, 6.07) is 21.0. The summed E-state index contributed by atoms with van der Waals surface area (Å²) in [4.78, 5) is 11.9. The minimum Gasteiger partial charge on any atom is -0.496 e. The Bertz CT molecular complexity index is 901. The van der Waals surface area contributed by atoms with Crippen LogP contribution in [0.3, 0.4) is 0 Å². The topological polar surface area (TPSA) is 59.9 Å². The van der Waals surface area contributed by atoms with Gasteiger partial charge in [0, 0.05) is 10.9 Å². The summed E-state index contributed by atoms with van der Waals surface area (Å²) in [5.41, 5.74) is 3.23. The lowest BCUT2D eigenvalue weighted by atomic mass is 10.1. The van der Waals surface area contributed by atoms with E-state index in [-0.39, 0.29) is 12.5 Å². The molecule has 3 aromatic rings. The monoisotopic (exact) mass is 334 g/mol. The summed E-state index contributed by atoms with van der Waals surface area (Å²) in [6.07, 6.45) is 1.54. The molecule has 5 heteroatoms. The van der Waals surface area contributed by atoms with E-state index in [1.807, 2.05) is 66.7 Å². The maximum atomic E-state index is 11.9. The molecule has 0 saturated heterocycles. The molecule has 0 saturated carbocycles. The molecule has 0 radical (unpaired) electrons. The number of carbonyl (C=O) groups is 1. The number of hydrazone groups is 1. The second-order valence-electron chi connectivity index (χ2n) is 5.30. The van der Waals surface area contributed by atoms with Crippen LogP contribution in [0.25, 0.3) is 10.8 Å². The average Bonchev–Trinajstić information content (AvgIpc) is 2.66. The van der Waals surface area contributed by atoms with Crippen molar-refractivity contribution in [2.24, 2.45) is 5.10 Å². The van der Waals surface area contributed by atoms with Crippen LogP contribution >= 0.6 is 0 Å². The maximum absolute atomic E-state index is 11.9. The van der Waals surface area contributed by atoms with E-state index in [2.05, 4.69) is 10.5 Å². The fourth-order valence-electron chi connectivity index (χ4n) is 2.44. The Hall–Kier alpha value is -3.34. The largest absolute Gasteiger partial charge is 0.496 e. The summed E-state index contributed by atoms with van der Waals surface area (Å²) in [5, 5.41) is 5.97. The Morgan fingerprint density at radius 2 is 1.72 bits per heavy atom. The van der Waals surface area contributed by atoms with E-state index in [4.69, 9.17) is 9.47 Å². The molecule has 0 unspecified atom stereocenters. The van der Waals surface area contributed by atoms with Crippen LogP contribution in [0.5, 0.6) is 11.5 Å². The minimum atomic E-state index is -0.334. The Morgan fingerprint density at radius 1 is 1.00 bits per heavy atom. The standard InChI is InChI=1S/C20H18N2O3/c1-24-18-11-5-3-8-16(18)13-21-22-20(23)14-25-19-12-6-9-15-7-2-4-10-17(15)19/h2-13H,14H2,1H3,(H,22,23)/b21-13-. The SMILES string of the molecule is COc1ccccc1/C=N\NC(=O)COc1cccc2ccccc12. The Morgan fingerprint density at radius 3 is 2.60 bits per heavy atom. The fraction of sp³-hybridized carbons (Fsp3) is 0.100. The zero-order valence-corrected chi connectivity index (χ0v) is 13.8. The van der Waals surface area contributed by atoms with Gasteiger partial charge >= 0.3 is 0 Å². The molecule has 3 aromatic carbocycles. The van der Waals surface area contributed by atoms with Crippen LogP contribution in [0.15, 0.2) is 71.8 Å². The van der Waals surface area contributed by atoms with E-state index in [1.54, 1.807) is 7.11 Å². The van der Waals surface area contributed by atoms with Crippen molar-refractivity contribution >= 4 is 22.9 Å². The summed E-state index contributed by atoms with van der Waals surface area (Å²) in [7, 11) is 1.59. The van der Waals surface area contributed by atoms with Gasteiger partial charge in [0.1, 0.15) is 11.5 Å². The number of methoxy groups -OCH3 is 1. The van der Waals surface area contributed by atoms with Crippen LogP contribution in [0.4, 0.5) is 0 Å². The lowest BCUT2D eigenvalue weighted by Crippen LogP contribution is -2.24. The van der Waals surface area contributed by atoms with E-state index in [1.165, 1.54) is 6.21 Å². The first-order valence-corrected chi connectivity index (χ1v) is 7.83. The molecule has 0 spiro atoms. The van der Waals surface area contributed by atoms with Crippen LogP contribution in [0.2, 0.25) is 0 Å². The smallest absolute Gasteiger partial charge is 0.277 e. The van der Waals surface area contributed by atoms with E-state index in [9.17, 15) is 4.79 Å². The third-order valence-corrected chi connectivity index (χ3v) is 3.64. The molecule has 0 aliphatic rings. The Labute approximate surface area is 145 Å². The summed E-state index contributed by atoms with van der Waals surface area (Å²) in [5.74, 6) is 1.02. The van der Waals surface area contributed by atoms with Crippen molar-refractivity contribution in [1.82, 2.24) is 5.43 Å². The number of amides is 1. The third-order valence-electron chi connectivity index (χ3n) is 3.64. The van der Waals surface area contributed by atoms with Gasteiger partial charge in [-0.05, 0) is 23.6 Å². The van der Waals surface area contributed by atoms with Crippen LogP contribution in [-0.2, 0) is 4.79 Å². The van der Waals surface area contributed by atoms with Crippen molar-refractivity contribution in [3.63, 3.8) is 0 Å². The van der Waals surface area contributed by atoms with Gasteiger partial charge in [-0.25, -0.2) is 5.43 Å². The molecule has 25 heavy (non-hydrogen) atoms. The zero-order chi connectivity index (χ0) is 17.5. The van der Waals surface area contributed by atoms with E-state index in [0.29, 0.717) is 11.5 Å². The number of ether oxygens (including phenoxy) is 2. The summed E-state index contributed by atoms with van der Waals surface area (Å²) >= 11 is 0. The number of benzene rings is 3. The molecule has 126 valence electrons. The highest BCUT2D eigenvalue weighted by Crippen LogP contribution is 2.24. The van der Waals surface area contributed by atoms with E-state index >= 15 is 0 Å². The Kier molecular flexibility index (Phi) is 5.26. The summed E-state index contributed by atoms with van der Waals surface area (Å²) in [6.45, 7) is -0.114. The molecule has 0 aromatic heterocycles. The van der Waals surface area contributed by atoms with Gasteiger partial charge in [-0.2, -0.15) is 5.10 Å². The lowest BCUT2D eigenvalue weighted by molar-refractivity contribution is -0.123. The zero-order valence-electron chi connectivity index (χ0n) is 13.8. The molecule has 1 amide bonds. The molecule has 0 aliphatic heterocycles. The molecule has 5 nitrogen and oxygen atoms in total. The van der Waals surface area contributed by atoms with Crippen LogP contribution < -0.4 is 14.9 Å². The van der Waals surface area contributed by atoms with Crippen molar-refractivity contribution in [2.45, 2.75) is 0 Å². The normalized spacial score (nSPS) is 10.8. The number of carbonyl (C=O) groups excluding carboxylic acids is 1. The molecule has 0 atom stereocenters. The quantitative estimate of drug-likeness (QED) is 0.555.